The van der Waals surface area contributed by atoms with E-state index in [0.717, 1.165) is 11.1 Å². The molecule has 0 aliphatic rings. The summed E-state index contributed by atoms with van der Waals surface area (Å²) in [7, 11) is 0. The number of nitrogens with one attached hydrogen (secondary N) is 2. The number of rotatable bonds is 7. The van der Waals surface area contributed by atoms with Crippen LogP contribution in [0.4, 0.5) is 0 Å². The summed E-state index contributed by atoms with van der Waals surface area (Å²) < 4.78 is 5.76. The predicted molar refractivity (Wildman–Crippen MR) is 116 cm³/mol. The van der Waals surface area contributed by atoms with Gasteiger partial charge in [-0.05, 0) is 29.3 Å². The Morgan fingerprint density at radius 3 is 2.50 bits per heavy atom. The van der Waals surface area contributed by atoms with Gasteiger partial charge in [0.25, 0.3) is 0 Å². The summed E-state index contributed by atoms with van der Waals surface area (Å²) in [5, 5.41) is 7.01. The Balaban J connectivity index is 1.48. The molecular formula is C23H20ClN3O3. The van der Waals surface area contributed by atoms with E-state index in [1.807, 2.05) is 60.7 Å². The van der Waals surface area contributed by atoms with Crippen LogP contribution in [0.1, 0.15) is 16.7 Å². The average Bonchev–Trinajstić information content (AvgIpc) is 2.78. The number of ether oxygens (including phenoxy) is 1. The summed E-state index contributed by atoms with van der Waals surface area (Å²) >= 11 is 6.13. The average molecular weight is 422 g/mol. The topological polar surface area (TPSA) is 79.8 Å². The maximum Gasteiger partial charge on any atom is 0.329 e. The van der Waals surface area contributed by atoms with Crippen molar-refractivity contribution >= 4 is 29.6 Å². The maximum absolute atomic E-state index is 11.8. The van der Waals surface area contributed by atoms with Crippen molar-refractivity contribution in [2.24, 2.45) is 5.10 Å². The summed E-state index contributed by atoms with van der Waals surface area (Å²) in [6.45, 7) is 0.597. The number of halogens is 1. The molecule has 0 aromatic heterocycles. The molecule has 0 saturated carbocycles. The Hall–Kier alpha value is -3.64. The van der Waals surface area contributed by atoms with Crippen LogP contribution in [0.3, 0.4) is 0 Å². The number of benzene rings is 3. The molecule has 2 amide bonds. The Labute approximate surface area is 179 Å². The molecule has 7 heteroatoms. The first kappa shape index (κ1) is 21.1. The van der Waals surface area contributed by atoms with Gasteiger partial charge in [0.1, 0.15) is 12.4 Å². The van der Waals surface area contributed by atoms with E-state index >= 15 is 0 Å². The van der Waals surface area contributed by atoms with Crippen LogP contribution in [0.25, 0.3) is 0 Å². The number of hydrazone groups is 1. The second-order valence-corrected chi connectivity index (χ2v) is 6.73. The third-order valence-corrected chi connectivity index (χ3v) is 4.46. The summed E-state index contributed by atoms with van der Waals surface area (Å²) in [4.78, 5) is 23.7. The van der Waals surface area contributed by atoms with Gasteiger partial charge in [0.15, 0.2) is 0 Å². The lowest BCUT2D eigenvalue weighted by atomic mass is 10.2. The zero-order valence-corrected chi connectivity index (χ0v) is 16.8. The van der Waals surface area contributed by atoms with E-state index in [1.54, 1.807) is 18.2 Å². The molecule has 6 nitrogen and oxygen atoms in total. The number of hydrogen-bond acceptors (Lipinski definition) is 4. The molecule has 0 spiro atoms. The lowest BCUT2D eigenvalue weighted by molar-refractivity contribution is -0.139. The van der Waals surface area contributed by atoms with Crippen molar-refractivity contribution in [2.45, 2.75) is 13.2 Å². The molecule has 3 rings (SSSR count). The third kappa shape index (κ3) is 6.46. The first-order chi connectivity index (χ1) is 14.6. The Bertz CT molecular complexity index is 1040. The molecule has 152 valence electrons. The van der Waals surface area contributed by atoms with E-state index in [2.05, 4.69) is 15.8 Å². The summed E-state index contributed by atoms with van der Waals surface area (Å²) in [5.41, 5.74) is 4.70. The van der Waals surface area contributed by atoms with Gasteiger partial charge in [-0.15, -0.1) is 0 Å². The fourth-order valence-electron chi connectivity index (χ4n) is 2.54. The molecule has 3 aromatic carbocycles. The fraction of sp³-hybridized carbons (Fsp3) is 0.0870. The first-order valence-electron chi connectivity index (χ1n) is 9.23. The highest BCUT2D eigenvalue weighted by Gasteiger charge is 2.11. The minimum Gasteiger partial charge on any atom is -0.489 e. The van der Waals surface area contributed by atoms with Crippen LogP contribution in [-0.4, -0.2) is 18.0 Å². The fourth-order valence-corrected chi connectivity index (χ4v) is 2.73. The van der Waals surface area contributed by atoms with E-state index in [-0.39, 0.29) is 6.54 Å². The van der Waals surface area contributed by atoms with Crippen LogP contribution in [0.5, 0.6) is 5.75 Å². The SMILES string of the molecule is O=C(NCc1ccccc1)C(=O)N/N=C\c1cccc(OCc2ccccc2Cl)c1. The van der Waals surface area contributed by atoms with E-state index in [4.69, 9.17) is 16.3 Å². The maximum atomic E-state index is 11.8. The van der Waals surface area contributed by atoms with E-state index in [1.165, 1.54) is 6.21 Å². The molecule has 0 saturated heterocycles. The number of carbonyl (C=O) groups is 2. The van der Waals surface area contributed by atoms with Crippen molar-refractivity contribution in [1.82, 2.24) is 10.7 Å². The lowest BCUT2D eigenvalue weighted by Crippen LogP contribution is -2.37. The van der Waals surface area contributed by atoms with Gasteiger partial charge >= 0.3 is 11.8 Å². The van der Waals surface area contributed by atoms with Gasteiger partial charge in [-0.3, -0.25) is 9.59 Å². The van der Waals surface area contributed by atoms with Gasteiger partial charge in [-0.1, -0.05) is 72.3 Å². The van der Waals surface area contributed by atoms with Crippen molar-refractivity contribution < 1.29 is 14.3 Å². The highest BCUT2D eigenvalue weighted by atomic mass is 35.5. The zero-order chi connectivity index (χ0) is 21.2. The minimum absolute atomic E-state index is 0.265. The van der Waals surface area contributed by atoms with Gasteiger partial charge in [-0.25, -0.2) is 5.43 Å². The summed E-state index contributed by atoms with van der Waals surface area (Å²) in [6.07, 6.45) is 1.44. The summed E-state index contributed by atoms with van der Waals surface area (Å²) in [6, 6.07) is 23.9. The van der Waals surface area contributed by atoms with Crippen molar-refractivity contribution in [3.8, 4) is 5.75 Å². The van der Waals surface area contributed by atoms with Crippen molar-refractivity contribution in [3.05, 3.63) is 101 Å². The predicted octanol–water partition coefficient (Wildman–Crippen LogP) is 3.69. The zero-order valence-electron chi connectivity index (χ0n) is 16.0. The lowest BCUT2D eigenvalue weighted by Gasteiger charge is -2.08. The van der Waals surface area contributed by atoms with Crippen molar-refractivity contribution in [1.29, 1.82) is 0 Å². The molecule has 3 aromatic rings. The van der Waals surface area contributed by atoms with Gasteiger partial charge < -0.3 is 10.1 Å². The van der Waals surface area contributed by atoms with Gasteiger partial charge in [0.05, 0.1) is 6.21 Å². The second-order valence-electron chi connectivity index (χ2n) is 6.32. The molecule has 0 heterocycles. The largest absolute Gasteiger partial charge is 0.489 e. The monoisotopic (exact) mass is 421 g/mol. The molecule has 0 unspecified atom stereocenters. The molecule has 0 radical (unpaired) electrons. The Morgan fingerprint density at radius 2 is 1.70 bits per heavy atom. The second kappa shape index (κ2) is 10.8. The summed E-state index contributed by atoms with van der Waals surface area (Å²) in [5.74, 6) is -0.966. The Morgan fingerprint density at radius 1 is 0.933 bits per heavy atom. The van der Waals surface area contributed by atoms with Crippen LogP contribution in [0, 0.1) is 0 Å². The normalized spacial score (nSPS) is 10.6. The molecule has 2 N–H and O–H groups in total. The molecule has 30 heavy (non-hydrogen) atoms. The van der Waals surface area contributed by atoms with E-state index < -0.39 is 11.8 Å². The van der Waals surface area contributed by atoms with Crippen LogP contribution in [-0.2, 0) is 22.7 Å². The van der Waals surface area contributed by atoms with E-state index in [0.29, 0.717) is 22.9 Å². The quantitative estimate of drug-likeness (QED) is 0.347. The molecular weight excluding hydrogens is 402 g/mol. The highest BCUT2D eigenvalue weighted by Crippen LogP contribution is 2.19. The number of nitrogens with zero attached hydrogens (tertiary/aromatic N) is 1. The third-order valence-electron chi connectivity index (χ3n) is 4.09. The van der Waals surface area contributed by atoms with Gasteiger partial charge in [0.2, 0.25) is 0 Å². The standard InChI is InChI=1S/C23H20ClN3O3/c24-21-12-5-4-10-19(21)16-30-20-11-6-9-18(13-20)15-26-27-23(29)22(28)25-14-17-7-2-1-3-8-17/h1-13,15H,14,16H2,(H,25,28)(H,27,29)/b26-15-. The van der Waals surface area contributed by atoms with Gasteiger partial charge in [-0.2, -0.15) is 5.10 Å². The smallest absolute Gasteiger partial charge is 0.329 e. The Kier molecular flexibility index (Phi) is 7.58. The first-order valence-corrected chi connectivity index (χ1v) is 9.61. The van der Waals surface area contributed by atoms with Gasteiger partial charge in [0, 0.05) is 17.1 Å². The highest BCUT2D eigenvalue weighted by molar-refractivity contribution is 6.35. The number of carbonyl (C=O) groups excluding carboxylic acids is 2. The van der Waals surface area contributed by atoms with Crippen molar-refractivity contribution in [3.63, 3.8) is 0 Å². The molecule has 0 atom stereocenters. The molecule has 0 aliphatic heterocycles. The molecule has 0 bridgehead atoms. The number of hydrogen-bond donors (Lipinski definition) is 2. The van der Waals surface area contributed by atoms with Crippen LogP contribution in [0.2, 0.25) is 5.02 Å². The minimum atomic E-state index is -0.840. The number of amides is 2. The van der Waals surface area contributed by atoms with Crippen LogP contribution < -0.4 is 15.5 Å². The van der Waals surface area contributed by atoms with Crippen LogP contribution >= 0.6 is 11.6 Å². The molecule has 0 fully saturated rings. The van der Waals surface area contributed by atoms with Crippen LogP contribution in [0.15, 0.2) is 84.0 Å². The molecule has 0 aliphatic carbocycles. The van der Waals surface area contributed by atoms with E-state index in [9.17, 15) is 9.59 Å². The van der Waals surface area contributed by atoms with Crippen molar-refractivity contribution in [2.75, 3.05) is 0 Å².